The smallest absolute Gasteiger partial charge is 0.343 e. The highest BCUT2D eigenvalue weighted by Crippen LogP contribution is 2.33. The number of amides is 1. The molecule has 0 fully saturated rings. The van der Waals surface area contributed by atoms with Crippen LogP contribution in [0.25, 0.3) is 0 Å². The van der Waals surface area contributed by atoms with Crippen molar-refractivity contribution in [3.8, 4) is 0 Å². The molecular weight excluding hydrogens is 404 g/mol. The molecule has 9 heteroatoms. The maximum Gasteiger partial charge on any atom is 0.419 e. The third kappa shape index (κ3) is 4.50. The molecule has 0 atom stereocenters. The fraction of sp³-hybridized carbons (Fsp3) is 0.286. The first kappa shape index (κ1) is 23.1. The summed E-state index contributed by atoms with van der Waals surface area (Å²) in [6.45, 7) is 6.52. The molecule has 160 valence electrons. The quantitative estimate of drug-likeness (QED) is 0.301. The number of halogens is 4. The van der Waals surface area contributed by atoms with Crippen LogP contribution in [0.15, 0.2) is 30.9 Å². The Labute approximate surface area is 170 Å². The molecule has 30 heavy (non-hydrogen) atoms. The number of ketones is 2. The highest BCUT2D eigenvalue weighted by Gasteiger charge is 2.34. The number of nitrogens with zero attached hydrogens (tertiary/aromatic N) is 1. The van der Waals surface area contributed by atoms with Gasteiger partial charge in [0.1, 0.15) is 11.5 Å². The van der Waals surface area contributed by atoms with Gasteiger partial charge >= 0.3 is 6.18 Å². The number of hydrogen-bond acceptors (Lipinski definition) is 3. The van der Waals surface area contributed by atoms with Gasteiger partial charge in [-0.1, -0.05) is 6.08 Å². The minimum absolute atomic E-state index is 0.00487. The molecule has 1 heterocycles. The van der Waals surface area contributed by atoms with E-state index >= 15 is 0 Å². The summed E-state index contributed by atoms with van der Waals surface area (Å²) < 4.78 is 53.5. The van der Waals surface area contributed by atoms with Crippen LogP contribution in [0.5, 0.6) is 0 Å². The average molecular weight is 424 g/mol. The second kappa shape index (κ2) is 8.64. The molecule has 0 radical (unpaired) electrons. The zero-order valence-electron chi connectivity index (χ0n) is 16.6. The summed E-state index contributed by atoms with van der Waals surface area (Å²) in [6, 6.07) is 2.09. The molecule has 0 aliphatic rings. The molecule has 0 spiro atoms. The first-order valence-corrected chi connectivity index (χ1v) is 8.92. The molecule has 0 saturated carbocycles. The molecule has 1 aromatic carbocycles. The highest BCUT2D eigenvalue weighted by atomic mass is 19.4. The summed E-state index contributed by atoms with van der Waals surface area (Å²) in [5.41, 5.74) is -1.10. The van der Waals surface area contributed by atoms with Crippen molar-refractivity contribution in [1.82, 2.24) is 4.57 Å². The Morgan fingerprint density at radius 3 is 2.40 bits per heavy atom. The van der Waals surface area contributed by atoms with E-state index in [1.807, 2.05) is 0 Å². The van der Waals surface area contributed by atoms with Gasteiger partial charge in [-0.05, 0) is 44.0 Å². The number of carbonyl (C=O) groups is 3. The van der Waals surface area contributed by atoms with Crippen LogP contribution in [0.1, 0.15) is 50.5 Å². The summed E-state index contributed by atoms with van der Waals surface area (Å²) in [4.78, 5) is 37.4. The third-order valence-corrected chi connectivity index (χ3v) is 4.73. The second-order valence-electron chi connectivity index (χ2n) is 6.72. The molecule has 0 aliphatic carbocycles. The number of nitrogens with one attached hydrogen (secondary N) is 1. The number of aromatic nitrogens is 1. The van der Waals surface area contributed by atoms with Gasteiger partial charge < -0.3 is 9.88 Å². The molecule has 0 saturated heterocycles. The van der Waals surface area contributed by atoms with Crippen LogP contribution in [0.2, 0.25) is 0 Å². The fourth-order valence-corrected chi connectivity index (χ4v) is 3.13. The SMILES string of the molecule is C=CCCC(=O)C(=O)c1c(C)c(C(=O)Nc2ccc(F)c(C(F)(F)F)c2)n(C)c1C. The van der Waals surface area contributed by atoms with Gasteiger partial charge in [-0.3, -0.25) is 14.4 Å². The summed E-state index contributed by atoms with van der Waals surface area (Å²) in [5.74, 6) is -3.64. The first-order chi connectivity index (χ1) is 13.9. The van der Waals surface area contributed by atoms with Gasteiger partial charge in [0.25, 0.3) is 5.91 Å². The normalized spacial score (nSPS) is 11.3. The molecule has 0 bridgehead atoms. The number of hydrogen-bond donors (Lipinski definition) is 1. The summed E-state index contributed by atoms with van der Waals surface area (Å²) in [7, 11) is 1.49. The lowest BCUT2D eigenvalue weighted by molar-refractivity contribution is -0.139. The van der Waals surface area contributed by atoms with Crippen molar-refractivity contribution in [2.75, 3.05) is 5.32 Å². The van der Waals surface area contributed by atoms with E-state index in [4.69, 9.17) is 0 Å². The molecule has 0 unspecified atom stereocenters. The highest BCUT2D eigenvalue weighted by molar-refractivity contribution is 6.44. The van der Waals surface area contributed by atoms with Gasteiger partial charge in [0.15, 0.2) is 0 Å². The number of Topliss-reactive ketones (excluding diaryl/α,β-unsaturated/α-hetero) is 2. The van der Waals surface area contributed by atoms with E-state index in [9.17, 15) is 31.9 Å². The molecule has 2 rings (SSSR count). The molecule has 1 aromatic heterocycles. The number of benzene rings is 1. The Morgan fingerprint density at radius 2 is 1.83 bits per heavy atom. The minimum Gasteiger partial charge on any atom is -0.343 e. The number of alkyl halides is 3. The zero-order chi connectivity index (χ0) is 22.8. The Morgan fingerprint density at radius 1 is 1.20 bits per heavy atom. The van der Waals surface area contributed by atoms with E-state index in [1.165, 1.54) is 24.6 Å². The van der Waals surface area contributed by atoms with E-state index < -0.39 is 35.0 Å². The number of carbonyl (C=O) groups excluding carboxylic acids is 3. The third-order valence-electron chi connectivity index (χ3n) is 4.73. The fourth-order valence-electron chi connectivity index (χ4n) is 3.13. The van der Waals surface area contributed by atoms with Crippen LogP contribution in [0.3, 0.4) is 0 Å². The van der Waals surface area contributed by atoms with Gasteiger partial charge in [-0.15, -0.1) is 6.58 Å². The summed E-state index contributed by atoms with van der Waals surface area (Å²) >= 11 is 0. The predicted molar refractivity (Wildman–Crippen MR) is 103 cm³/mol. The van der Waals surface area contributed by atoms with Crippen molar-refractivity contribution in [1.29, 1.82) is 0 Å². The van der Waals surface area contributed by atoms with Crippen LogP contribution in [0, 0.1) is 19.7 Å². The molecule has 5 nitrogen and oxygen atoms in total. The maximum atomic E-state index is 13.5. The summed E-state index contributed by atoms with van der Waals surface area (Å²) in [6.07, 6.45) is -3.11. The molecule has 2 aromatic rings. The molecule has 0 aliphatic heterocycles. The lowest BCUT2D eigenvalue weighted by Crippen LogP contribution is -2.18. The van der Waals surface area contributed by atoms with Gasteiger partial charge in [-0.25, -0.2) is 4.39 Å². The van der Waals surface area contributed by atoms with Crippen molar-refractivity contribution in [3.63, 3.8) is 0 Å². The van der Waals surface area contributed by atoms with Crippen LogP contribution in [-0.2, 0) is 18.0 Å². The van der Waals surface area contributed by atoms with E-state index in [2.05, 4.69) is 11.9 Å². The first-order valence-electron chi connectivity index (χ1n) is 8.92. The van der Waals surface area contributed by atoms with E-state index in [-0.39, 0.29) is 28.9 Å². The lowest BCUT2D eigenvalue weighted by atomic mass is 10.00. The minimum atomic E-state index is -4.92. The number of allylic oxidation sites excluding steroid dienone is 1. The standard InChI is InChI=1S/C21H20F4N2O3/c1-5-6-7-16(28)19(29)17-11(2)18(27(4)12(17)3)20(30)26-13-8-9-15(22)14(10-13)21(23,24)25/h5,8-10H,1,6-7H2,2-4H3,(H,26,30). The Kier molecular flexibility index (Phi) is 6.64. The Hall–Kier alpha value is -3.23. The predicted octanol–water partition coefficient (Wildman–Crippen LogP) is 4.77. The lowest BCUT2D eigenvalue weighted by Gasteiger charge is -2.12. The van der Waals surface area contributed by atoms with E-state index in [0.29, 0.717) is 24.2 Å². The van der Waals surface area contributed by atoms with Crippen molar-refractivity contribution >= 4 is 23.2 Å². The number of rotatable bonds is 7. The monoisotopic (exact) mass is 424 g/mol. The van der Waals surface area contributed by atoms with Gasteiger partial charge in [-0.2, -0.15) is 13.2 Å². The zero-order valence-corrected chi connectivity index (χ0v) is 16.6. The Bertz CT molecular complexity index is 1040. The molecule has 1 amide bonds. The molecule has 1 N–H and O–H groups in total. The number of anilines is 1. The maximum absolute atomic E-state index is 13.5. The topological polar surface area (TPSA) is 68.2 Å². The van der Waals surface area contributed by atoms with Crippen molar-refractivity contribution in [3.05, 3.63) is 64.7 Å². The molecular formula is C21H20F4N2O3. The van der Waals surface area contributed by atoms with Gasteiger partial charge in [0.05, 0.1) is 11.1 Å². The average Bonchev–Trinajstić information content (AvgIpc) is 2.88. The van der Waals surface area contributed by atoms with Crippen LogP contribution in [0.4, 0.5) is 23.2 Å². The van der Waals surface area contributed by atoms with Crippen molar-refractivity contribution < 1.29 is 31.9 Å². The van der Waals surface area contributed by atoms with Crippen LogP contribution < -0.4 is 5.32 Å². The van der Waals surface area contributed by atoms with Crippen molar-refractivity contribution in [2.24, 2.45) is 7.05 Å². The van der Waals surface area contributed by atoms with Gasteiger partial charge in [0, 0.05) is 24.8 Å². The largest absolute Gasteiger partial charge is 0.419 e. The second-order valence-corrected chi connectivity index (χ2v) is 6.72. The van der Waals surface area contributed by atoms with Gasteiger partial charge in [0.2, 0.25) is 11.6 Å². The van der Waals surface area contributed by atoms with E-state index in [1.54, 1.807) is 6.92 Å². The van der Waals surface area contributed by atoms with Crippen LogP contribution >= 0.6 is 0 Å². The Balaban J connectivity index is 2.39. The summed E-state index contributed by atoms with van der Waals surface area (Å²) in [5, 5.41) is 2.29. The van der Waals surface area contributed by atoms with Crippen molar-refractivity contribution in [2.45, 2.75) is 32.9 Å². The van der Waals surface area contributed by atoms with Crippen LogP contribution in [-0.4, -0.2) is 22.0 Å². The van der Waals surface area contributed by atoms with E-state index in [0.717, 1.165) is 6.07 Å².